The van der Waals surface area contributed by atoms with E-state index in [1.165, 1.54) is 6.07 Å². The predicted octanol–water partition coefficient (Wildman–Crippen LogP) is 1.04. The van der Waals surface area contributed by atoms with Crippen molar-refractivity contribution in [3.63, 3.8) is 0 Å². The number of ether oxygens (including phenoxy) is 1. The van der Waals surface area contributed by atoms with Gasteiger partial charge in [-0.05, 0) is 17.7 Å². The van der Waals surface area contributed by atoms with Gasteiger partial charge in [-0.15, -0.1) is 0 Å². The molecule has 94 valence electrons. The molecule has 0 amide bonds. The molecule has 0 radical (unpaired) electrons. The molecule has 2 N–H and O–H groups in total. The van der Waals surface area contributed by atoms with Gasteiger partial charge >= 0.3 is 0 Å². The van der Waals surface area contributed by atoms with Crippen LogP contribution >= 0.6 is 0 Å². The average molecular weight is 242 g/mol. The fraction of sp³-hybridized carbons (Fsp3) is 0.500. The summed E-state index contributed by atoms with van der Waals surface area (Å²) in [4.78, 5) is 0. The molecule has 1 aliphatic heterocycles. The van der Waals surface area contributed by atoms with Crippen LogP contribution in [0.5, 0.6) is 0 Å². The second kappa shape index (κ2) is 6.05. The summed E-state index contributed by atoms with van der Waals surface area (Å²) in [7, 11) is 0. The van der Waals surface area contributed by atoms with E-state index < -0.39 is 11.6 Å². The van der Waals surface area contributed by atoms with Crippen LogP contribution in [0.1, 0.15) is 5.56 Å². The van der Waals surface area contributed by atoms with Crippen LogP contribution < -0.4 is 10.6 Å². The number of rotatable bonds is 4. The van der Waals surface area contributed by atoms with Crippen LogP contribution in [0.2, 0.25) is 0 Å². The first-order valence-electron chi connectivity index (χ1n) is 5.71. The molecule has 0 bridgehead atoms. The number of nitrogens with one attached hydrogen (secondary N) is 2. The Balaban J connectivity index is 1.75. The average Bonchev–Trinajstić information content (AvgIpc) is 2.35. The van der Waals surface area contributed by atoms with Gasteiger partial charge in [-0.1, -0.05) is 6.07 Å². The van der Waals surface area contributed by atoms with Crippen molar-refractivity contribution < 1.29 is 13.5 Å². The number of benzene rings is 1. The van der Waals surface area contributed by atoms with Crippen molar-refractivity contribution in [2.45, 2.75) is 12.6 Å². The molecule has 3 nitrogen and oxygen atoms in total. The van der Waals surface area contributed by atoms with Crippen LogP contribution in [0.25, 0.3) is 0 Å². The SMILES string of the molecule is Fc1ccc(CNCC2COCCN2)cc1F. The van der Waals surface area contributed by atoms with Gasteiger partial charge in [0.05, 0.1) is 13.2 Å². The fourth-order valence-corrected chi connectivity index (χ4v) is 1.79. The van der Waals surface area contributed by atoms with Gasteiger partial charge in [0.15, 0.2) is 11.6 Å². The Morgan fingerprint density at radius 3 is 2.94 bits per heavy atom. The lowest BCUT2D eigenvalue weighted by molar-refractivity contribution is 0.0766. The molecular formula is C12H16F2N2O. The lowest BCUT2D eigenvalue weighted by Gasteiger charge is -2.24. The standard InChI is InChI=1S/C12H16F2N2O/c13-11-2-1-9(5-12(11)14)6-15-7-10-8-17-4-3-16-10/h1-2,5,10,15-16H,3-4,6-8H2. The summed E-state index contributed by atoms with van der Waals surface area (Å²) in [5.74, 6) is -1.61. The molecule has 2 rings (SSSR count). The summed E-state index contributed by atoms with van der Waals surface area (Å²) in [5, 5.41) is 6.49. The largest absolute Gasteiger partial charge is 0.378 e. The minimum atomic E-state index is -0.809. The quantitative estimate of drug-likeness (QED) is 0.827. The van der Waals surface area contributed by atoms with E-state index in [9.17, 15) is 8.78 Å². The maximum atomic E-state index is 12.9. The second-order valence-electron chi connectivity index (χ2n) is 4.11. The molecule has 1 unspecified atom stereocenters. The summed E-state index contributed by atoms with van der Waals surface area (Å²) >= 11 is 0. The minimum Gasteiger partial charge on any atom is -0.378 e. The molecule has 1 heterocycles. The molecule has 1 aromatic rings. The van der Waals surface area contributed by atoms with Gasteiger partial charge in [-0.3, -0.25) is 0 Å². The first kappa shape index (κ1) is 12.4. The lowest BCUT2D eigenvalue weighted by atomic mass is 10.2. The van der Waals surface area contributed by atoms with E-state index >= 15 is 0 Å². The van der Waals surface area contributed by atoms with Gasteiger partial charge in [0, 0.05) is 25.7 Å². The van der Waals surface area contributed by atoms with Gasteiger partial charge < -0.3 is 15.4 Å². The summed E-state index contributed by atoms with van der Waals surface area (Å²) < 4.78 is 30.9. The van der Waals surface area contributed by atoms with E-state index in [4.69, 9.17) is 4.74 Å². The van der Waals surface area contributed by atoms with Gasteiger partial charge in [0.25, 0.3) is 0 Å². The Hall–Kier alpha value is -1.04. The molecule has 0 aliphatic carbocycles. The van der Waals surface area contributed by atoms with Crippen molar-refractivity contribution in [2.24, 2.45) is 0 Å². The van der Waals surface area contributed by atoms with Gasteiger partial charge in [-0.25, -0.2) is 8.78 Å². The van der Waals surface area contributed by atoms with Crippen molar-refractivity contribution in [1.29, 1.82) is 0 Å². The molecule has 1 saturated heterocycles. The number of hydrogen-bond acceptors (Lipinski definition) is 3. The third-order valence-corrected chi connectivity index (χ3v) is 2.70. The summed E-state index contributed by atoms with van der Waals surface area (Å²) in [6.45, 7) is 3.57. The first-order valence-corrected chi connectivity index (χ1v) is 5.71. The van der Waals surface area contributed by atoms with Crippen LogP contribution in [0.4, 0.5) is 8.78 Å². The summed E-state index contributed by atoms with van der Waals surface area (Å²) in [6, 6.07) is 4.23. The van der Waals surface area contributed by atoms with E-state index in [2.05, 4.69) is 10.6 Å². The van der Waals surface area contributed by atoms with Crippen molar-refractivity contribution >= 4 is 0 Å². The van der Waals surface area contributed by atoms with Crippen molar-refractivity contribution in [2.75, 3.05) is 26.3 Å². The first-order chi connectivity index (χ1) is 8.25. The topological polar surface area (TPSA) is 33.3 Å². The zero-order chi connectivity index (χ0) is 12.1. The Kier molecular flexibility index (Phi) is 4.42. The third kappa shape index (κ3) is 3.73. The third-order valence-electron chi connectivity index (χ3n) is 2.70. The fourth-order valence-electron chi connectivity index (χ4n) is 1.79. The molecule has 1 fully saturated rings. The molecular weight excluding hydrogens is 226 g/mol. The highest BCUT2D eigenvalue weighted by Gasteiger charge is 2.12. The van der Waals surface area contributed by atoms with Crippen molar-refractivity contribution in [3.8, 4) is 0 Å². The Labute approximate surface area is 99.2 Å². The zero-order valence-corrected chi connectivity index (χ0v) is 9.51. The zero-order valence-electron chi connectivity index (χ0n) is 9.51. The number of halogens is 2. The normalized spacial score (nSPS) is 20.5. The highest BCUT2D eigenvalue weighted by molar-refractivity contribution is 5.17. The Bertz CT molecular complexity index is 368. The lowest BCUT2D eigenvalue weighted by Crippen LogP contribution is -2.47. The summed E-state index contributed by atoms with van der Waals surface area (Å²) in [6.07, 6.45) is 0. The van der Waals surface area contributed by atoms with Crippen LogP contribution in [-0.4, -0.2) is 32.3 Å². The Morgan fingerprint density at radius 2 is 2.24 bits per heavy atom. The van der Waals surface area contributed by atoms with E-state index in [0.717, 1.165) is 31.3 Å². The van der Waals surface area contributed by atoms with Crippen molar-refractivity contribution in [1.82, 2.24) is 10.6 Å². The highest BCUT2D eigenvalue weighted by atomic mass is 19.2. The smallest absolute Gasteiger partial charge is 0.159 e. The van der Waals surface area contributed by atoms with Crippen LogP contribution in [0, 0.1) is 11.6 Å². The molecule has 1 aliphatic rings. The second-order valence-corrected chi connectivity index (χ2v) is 4.11. The molecule has 17 heavy (non-hydrogen) atoms. The van der Waals surface area contributed by atoms with E-state index in [1.807, 2.05) is 0 Å². The number of morpholine rings is 1. The monoisotopic (exact) mass is 242 g/mol. The van der Waals surface area contributed by atoms with Crippen LogP contribution in [0.3, 0.4) is 0 Å². The van der Waals surface area contributed by atoms with Crippen LogP contribution in [0.15, 0.2) is 18.2 Å². The van der Waals surface area contributed by atoms with Crippen molar-refractivity contribution in [3.05, 3.63) is 35.4 Å². The maximum Gasteiger partial charge on any atom is 0.159 e. The van der Waals surface area contributed by atoms with Crippen LogP contribution in [-0.2, 0) is 11.3 Å². The van der Waals surface area contributed by atoms with Gasteiger partial charge in [0.1, 0.15) is 0 Å². The maximum absolute atomic E-state index is 12.9. The number of hydrogen-bond donors (Lipinski definition) is 2. The molecule has 1 aromatic carbocycles. The van der Waals surface area contributed by atoms with Gasteiger partial charge in [-0.2, -0.15) is 0 Å². The predicted molar refractivity (Wildman–Crippen MR) is 60.7 cm³/mol. The molecule has 5 heteroatoms. The summed E-state index contributed by atoms with van der Waals surface area (Å²) in [5.41, 5.74) is 0.737. The van der Waals surface area contributed by atoms with Gasteiger partial charge in [0.2, 0.25) is 0 Å². The van der Waals surface area contributed by atoms with E-state index in [-0.39, 0.29) is 6.04 Å². The molecule has 1 atom stereocenters. The Morgan fingerprint density at radius 1 is 1.35 bits per heavy atom. The molecule has 0 spiro atoms. The minimum absolute atomic E-state index is 0.286. The van der Waals surface area contributed by atoms with E-state index in [0.29, 0.717) is 13.2 Å². The highest BCUT2D eigenvalue weighted by Crippen LogP contribution is 2.08. The molecule has 0 aromatic heterocycles. The molecule has 0 saturated carbocycles. The van der Waals surface area contributed by atoms with E-state index in [1.54, 1.807) is 6.07 Å².